The predicted molar refractivity (Wildman–Crippen MR) is 132 cm³/mol. The molecule has 3 aromatic carbocycles. The third-order valence-electron chi connectivity index (χ3n) is 4.57. The molecule has 3 rings (SSSR count). The number of methoxy groups -OCH3 is 3. The molecule has 14 heteroatoms. The van der Waals surface area contributed by atoms with Crippen molar-refractivity contribution in [3.63, 3.8) is 0 Å². The van der Waals surface area contributed by atoms with Gasteiger partial charge in [0, 0.05) is 12.1 Å². The lowest BCUT2D eigenvalue weighted by molar-refractivity contribution is -0.384. The van der Waals surface area contributed by atoms with Crippen molar-refractivity contribution in [1.82, 2.24) is 0 Å². The van der Waals surface area contributed by atoms with Gasteiger partial charge in [0.15, 0.2) is 17.2 Å². The van der Waals surface area contributed by atoms with Gasteiger partial charge < -0.3 is 18.9 Å². The van der Waals surface area contributed by atoms with Crippen LogP contribution in [-0.2, 0) is 10.0 Å². The molecule has 35 heavy (non-hydrogen) atoms. The number of nitrogens with one attached hydrogen (secondary N) is 1. The van der Waals surface area contributed by atoms with Crippen LogP contribution < -0.4 is 23.7 Å². The van der Waals surface area contributed by atoms with Crippen LogP contribution in [0.1, 0.15) is 0 Å². The molecule has 0 heterocycles. The number of nitrogens with zero attached hydrogens (tertiary/aromatic N) is 1. The number of rotatable bonds is 9. The minimum absolute atomic E-state index is 0.0323. The maximum atomic E-state index is 13.1. The highest BCUT2D eigenvalue weighted by atomic mass is 35.5. The Labute approximate surface area is 215 Å². The molecule has 0 aliphatic heterocycles. The van der Waals surface area contributed by atoms with Gasteiger partial charge in [-0.2, -0.15) is 0 Å². The summed E-state index contributed by atoms with van der Waals surface area (Å²) in [4.78, 5) is 9.99. The smallest absolute Gasteiger partial charge is 0.271 e. The number of ether oxygens (including phenoxy) is 4. The van der Waals surface area contributed by atoms with Crippen molar-refractivity contribution in [3.8, 4) is 28.7 Å². The SMILES string of the molecule is COc1ccc(NS(=O)(=O)c2cc(Cl)c(Oc3ccc([N+](=O)[O-])cc3Cl)c(Cl)c2)c(OC)c1OC. The van der Waals surface area contributed by atoms with Gasteiger partial charge in [-0.1, -0.05) is 34.8 Å². The number of benzene rings is 3. The van der Waals surface area contributed by atoms with Gasteiger partial charge >= 0.3 is 0 Å². The van der Waals surface area contributed by atoms with E-state index in [2.05, 4.69) is 4.72 Å². The Hall–Kier alpha value is -3.12. The summed E-state index contributed by atoms with van der Waals surface area (Å²) in [6.07, 6.45) is 0. The number of nitro benzene ring substituents is 1. The van der Waals surface area contributed by atoms with E-state index in [0.29, 0.717) is 5.75 Å². The van der Waals surface area contributed by atoms with Crippen molar-refractivity contribution in [1.29, 1.82) is 0 Å². The maximum Gasteiger partial charge on any atom is 0.271 e. The molecule has 1 N–H and O–H groups in total. The summed E-state index contributed by atoms with van der Waals surface area (Å²) in [6, 6.07) is 8.73. The minimum atomic E-state index is -4.20. The molecule has 0 aliphatic carbocycles. The Balaban J connectivity index is 1.95. The van der Waals surface area contributed by atoms with Crippen LogP contribution in [0.3, 0.4) is 0 Å². The molecule has 3 aromatic rings. The van der Waals surface area contributed by atoms with Crippen LogP contribution in [0.25, 0.3) is 0 Å². The monoisotopic (exact) mass is 562 g/mol. The number of sulfonamides is 1. The Morgan fingerprint density at radius 3 is 1.91 bits per heavy atom. The van der Waals surface area contributed by atoms with Crippen molar-refractivity contribution in [2.75, 3.05) is 26.1 Å². The molecule has 0 fully saturated rings. The van der Waals surface area contributed by atoms with Gasteiger partial charge in [-0.25, -0.2) is 8.42 Å². The van der Waals surface area contributed by atoms with E-state index < -0.39 is 14.9 Å². The fourth-order valence-electron chi connectivity index (χ4n) is 2.97. The van der Waals surface area contributed by atoms with Crippen LogP contribution in [0, 0.1) is 10.1 Å². The van der Waals surface area contributed by atoms with Gasteiger partial charge in [-0.05, 0) is 30.3 Å². The van der Waals surface area contributed by atoms with Gasteiger partial charge in [0.05, 0.1) is 51.9 Å². The second kappa shape index (κ2) is 10.6. The molecule has 0 bridgehead atoms. The number of hydrogen-bond acceptors (Lipinski definition) is 8. The Morgan fingerprint density at radius 1 is 0.800 bits per heavy atom. The Morgan fingerprint density at radius 2 is 1.40 bits per heavy atom. The topological polar surface area (TPSA) is 126 Å². The van der Waals surface area contributed by atoms with Gasteiger partial charge in [0.25, 0.3) is 15.7 Å². The van der Waals surface area contributed by atoms with E-state index >= 15 is 0 Å². The van der Waals surface area contributed by atoms with Crippen molar-refractivity contribution in [2.45, 2.75) is 4.90 Å². The third-order valence-corrected chi connectivity index (χ3v) is 6.77. The van der Waals surface area contributed by atoms with Crippen molar-refractivity contribution < 1.29 is 32.3 Å². The molecule has 0 amide bonds. The summed E-state index contributed by atoms with van der Waals surface area (Å²) in [7, 11) is -0.0425. The fraction of sp³-hybridized carbons (Fsp3) is 0.143. The highest BCUT2D eigenvalue weighted by Gasteiger charge is 2.24. The summed E-state index contributed by atoms with van der Waals surface area (Å²) >= 11 is 18.6. The molecule has 0 spiro atoms. The standard InChI is InChI=1S/C21H17Cl3N2O8S/c1-31-18-7-5-16(20(32-2)21(18)33-3)25-35(29,30)12-9-14(23)19(15(24)10-12)34-17-6-4-11(26(27)28)8-13(17)22/h4-10,25H,1-3H3. The van der Waals surface area contributed by atoms with Crippen molar-refractivity contribution in [2.24, 2.45) is 0 Å². The van der Waals surface area contributed by atoms with E-state index in [0.717, 1.165) is 18.2 Å². The van der Waals surface area contributed by atoms with Crippen molar-refractivity contribution >= 4 is 56.2 Å². The first-order chi connectivity index (χ1) is 16.5. The van der Waals surface area contributed by atoms with Crippen molar-refractivity contribution in [3.05, 3.63) is 67.6 Å². The maximum absolute atomic E-state index is 13.1. The lowest BCUT2D eigenvalue weighted by Gasteiger charge is -2.17. The number of nitro groups is 1. The third kappa shape index (κ3) is 5.59. The molecule has 10 nitrogen and oxygen atoms in total. The van der Waals surface area contributed by atoms with E-state index in [1.807, 2.05) is 0 Å². The summed E-state index contributed by atoms with van der Waals surface area (Å²) < 4.78 is 49.9. The number of anilines is 1. The lowest BCUT2D eigenvalue weighted by Crippen LogP contribution is -2.14. The van der Waals surface area contributed by atoms with Gasteiger partial charge in [-0.3, -0.25) is 14.8 Å². The van der Waals surface area contributed by atoms with Crippen LogP contribution in [0.15, 0.2) is 47.4 Å². The van der Waals surface area contributed by atoms with E-state index in [-0.39, 0.29) is 54.3 Å². The highest BCUT2D eigenvalue weighted by Crippen LogP contribution is 2.44. The molecule has 0 aliphatic rings. The molecular weight excluding hydrogens is 547 g/mol. The van der Waals surface area contributed by atoms with Crippen LogP contribution in [0.4, 0.5) is 11.4 Å². The minimum Gasteiger partial charge on any atom is -0.493 e. The average Bonchev–Trinajstić information content (AvgIpc) is 2.81. The zero-order chi connectivity index (χ0) is 25.9. The molecule has 0 radical (unpaired) electrons. The number of hydrogen-bond donors (Lipinski definition) is 1. The van der Waals surface area contributed by atoms with E-state index in [4.69, 9.17) is 53.8 Å². The van der Waals surface area contributed by atoms with Gasteiger partial charge in [-0.15, -0.1) is 0 Å². The molecule has 0 saturated carbocycles. The van der Waals surface area contributed by atoms with Crippen LogP contribution >= 0.6 is 34.8 Å². The van der Waals surface area contributed by atoms with Gasteiger partial charge in [0.2, 0.25) is 5.75 Å². The zero-order valence-electron chi connectivity index (χ0n) is 18.3. The van der Waals surface area contributed by atoms with Crippen LogP contribution in [-0.4, -0.2) is 34.7 Å². The first kappa shape index (κ1) is 26.5. The van der Waals surface area contributed by atoms with Gasteiger partial charge in [0.1, 0.15) is 5.75 Å². The second-order valence-electron chi connectivity index (χ2n) is 6.68. The molecular formula is C21H17Cl3N2O8S. The van der Waals surface area contributed by atoms with Crippen LogP contribution in [0.5, 0.6) is 28.7 Å². The number of halogens is 3. The van der Waals surface area contributed by atoms with E-state index in [9.17, 15) is 18.5 Å². The fourth-order valence-corrected chi connectivity index (χ4v) is 4.99. The molecule has 186 valence electrons. The second-order valence-corrected chi connectivity index (χ2v) is 9.58. The normalized spacial score (nSPS) is 11.0. The molecule has 0 unspecified atom stereocenters. The van der Waals surface area contributed by atoms with E-state index in [1.54, 1.807) is 0 Å². The highest BCUT2D eigenvalue weighted by molar-refractivity contribution is 7.92. The molecule has 0 aromatic heterocycles. The predicted octanol–water partition coefficient (Wildman–Crippen LogP) is 6.17. The molecule has 0 atom stereocenters. The summed E-state index contributed by atoms with van der Waals surface area (Å²) in [6.45, 7) is 0. The quantitative estimate of drug-likeness (QED) is 0.242. The average molecular weight is 564 g/mol. The lowest BCUT2D eigenvalue weighted by atomic mass is 10.2. The molecule has 0 saturated heterocycles. The summed E-state index contributed by atoms with van der Waals surface area (Å²) in [5.74, 6) is 0.566. The first-order valence-electron chi connectivity index (χ1n) is 9.45. The first-order valence-corrected chi connectivity index (χ1v) is 12.1. The number of non-ortho nitro benzene ring substituents is 1. The largest absolute Gasteiger partial charge is 0.493 e. The Kier molecular flexibility index (Phi) is 8.06. The Bertz CT molecular complexity index is 1380. The van der Waals surface area contributed by atoms with Crippen LogP contribution in [0.2, 0.25) is 15.1 Å². The summed E-state index contributed by atoms with van der Waals surface area (Å²) in [5.41, 5.74) is -0.159. The summed E-state index contributed by atoms with van der Waals surface area (Å²) in [5, 5.41) is 10.5. The zero-order valence-corrected chi connectivity index (χ0v) is 21.4. The van der Waals surface area contributed by atoms with E-state index in [1.165, 1.54) is 45.6 Å².